The summed E-state index contributed by atoms with van der Waals surface area (Å²) in [5.74, 6) is -0.911. The fraction of sp³-hybridized carbons (Fsp3) is 0.429. The van der Waals surface area contributed by atoms with E-state index >= 15 is 0 Å². The molecular weight excluding hydrogens is 232 g/mol. The van der Waals surface area contributed by atoms with Crippen LogP contribution in [0, 0.1) is 0 Å². The van der Waals surface area contributed by atoms with E-state index in [1.807, 2.05) is 0 Å². The number of carbonyl (C=O) groups excluding carboxylic acids is 2. The van der Waals surface area contributed by atoms with Crippen LogP contribution in [0.2, 0.25) is 0 Å². The molecule has 0 spiro atoms. The van der Waals surface area contributed by atoms with Crippen molar-refractivity contribution in [2.45, 2.75) is 25.7 Å². The summed E-state index contributed by atoms with van der Waals surface area (Å²) in [6, 6.07) is 6.59. The fourth-order valence-electron chi connectivity index (χ4n) is 1.88. The number of hydrogen-bond donors (Lipinski definition) is 0. The Labute approximate surface area is 106 Å². The molecule has 4 heteroatoms. The Hall–Kier alpha value is -1.84. The molecule has 0 unspecified atom stereocenters. The highest BCUT2D eigenvalue weighted by molar-refractivity contribution is 6.03. The van der Waals surface area contributed by atoms with Crippen LogP contribution in [0.3, 0.4) is 0 Å². The molecule has 0 saturated heterocycles. The molecule has 0 bridgehead atoms. The van der Waals surface area contributed by atoms with Crippen LogP contribution in [-0.4, -0.2) is 25.2 Å². The molecule has 0 N–H and O–H groups in total. The molecule has 2 rings (SSSR count). The smallest absolute Gasteiger partial charge is 0.339 e. The molecule has 0 saturated carbocycles. The zero-order valence-electron chi connectivity index (χ0n) is 10.2. The Balaban J connectivity index is 2.23. The van der Waals surface area contributed by atoms with Gasteiger partial charge in [0.2, 0.25) is 0 Å². The zero-order valence-corrected chi connectivity index (χ0v) is 10.2. The van der Waals surface area contributed by atoms with Crippen molar-refractivity contribution in [2.24, 2.45) is 0 Å². The van der Waals surface area contributed by atoms with Crippen molar-refractivity contribution < 1.29 is 19.1 Å². The van der Waals surface area contributed by atoms with Crippen molar-refractivity contribution in [3.63, 3.8) is 0 Å². The lowest BCUT2D eigenvalue weighted by Crippen LogP contribution is -2.15. The van der Waals surface area contributed by atoms with Gasteiger partial charge in [-0.3, -0.25) is 0 Å². The highest BCUT2D eigenvalue weighted by Crippen LogP contribution is 2.14. The lowest BCUT2D eigenvalue weighted by atomic mass is 10.1. The minimum atomic E-state index is -0.455. The van der Waals surface area contributed by atoms with Gasteiger partial charge in [-0.15, -0.1) is 0 Å². The summed E-state index contributed by atoms with van der Waals surface area (Å²) in [7, 11) is 0. The van der Waals surface area contributed by atoms with E-state index in [1.165, 1.54) is 0 Å². The molecule has 1 aliphatic rings. The van der Waals surface area contributed by atoms with E-state index in [9.17, 15) is 9.59 Å². The minimum absolute atomic E-state index is 0.281. The van der Waals surface area contributed by atoms with Gasteiger partial charge in [0.05, 0.1) is 24.3 Å². The van der Waals surface area contributed by atoms with Gasteiger partial charge >= 0.3 is 11.9 Å². The zero-order chi connectivity index (χ0) is 12.8. The van der Waals surface area contributed by atoms with Crippen LogP contribution in [-0.2, 0) is 9.47 Å². The molecule has 0 radical (unpaired) electrons. The van der Waals surface area contributed by atoms with Crippen molar-refractivity contribution in [1.82, 2.24) is 0 Å². The summed E-state index contributed by atoms with van der Waals surface area (Å²) in [6.45, 7) is 0.810. The Morgan fingerprint density at radius 1 is 0.722 bits per heavy atom. The second-order valence-electron chi connectivity index (χ2n) is 4.23. The monoisotopic (exact) mass is 248 g/mol. The van der Waals surface area contributed by atoms with Crippen LogP contribution in [0.4, 0.5) is 0 Å². The van der Waals surface area contributed by atoms with E-state index < -0.39 is 11.9 Å². The summed E-state index contributed by atoms with van der Waals surface area (Å²) in [5.41, 5.74) is 0.561. The van der Waals surface area contributed by atoms with Crippen molar-refractivity contribution in [3.8, 4) is 0 Å². The van der Waals surface area contributed by atoms with E-state index in [4.69, 9.17) is 9.47 Å². The van der Waals surface area contributed by atoms with Gasteiger partial charge in [-0.1, -0.05) is 12.1 Å². The summed E-state index contributed by atoms with van der Waals surface area (Å²) in [6.07, 6.45) is 3.66. The average Bonchev–Trinajstić information content (AvgIpc) is 2.40. The maximum absolute atomic E-state index is 11.8. The molecule has 0 aromatic heterocycles. The summed E-state index contributed by atoms with van der Waals surface area (Å²) in [4.78, 5) is 23.7. The number of hydrogen-bond acceptors (Lipinski definition) is 4. The van der Waals surface area contributed by atoms with Gasteiger partial charge in [0, 0.05) is 0 Å². The topological polar surface area (TPSA) is 52.6 Å². The maximum atomic E-state index is 11.8. The molecule has 1 heterocycles. The molecule has 1 aromatic rings. The van der Waals surface area contributed by atoms with Crippen LogP contribution in [0.25, 0.3) is 0 Å². The Morgan fingerprint density at radius 3 is 1.61 bits per heavy atom. The highest BCUT2D eigenvalue weighted by Gasteiger charge is 2.19. The Bertz CT molecular complexity index is 398. The second kappa shape index (κ2) is 6.19. The van der Waals surface area contributed by atoms with Crippen LogP contribution >= 0.6 is 0 Å². The van der Waals surface area contributed by atoms with E-state index in [1.54, 1.807) is 24.3 Å². The van der Waals surface area contributed by atoms with Crippen LogP contribution < -0.4 is 0 Å². The third kappa shape index (κ3) is 3.09. The predicted octanol–water partition coefficient (Wildman–Crippen LogP) is 2.57. The van der Waals surface area contributed by atoms with Crippen molar-refractivity contribution in [1.29, 1.82) is 0 Å². The van der Waals surface area contributed by atoms with Crippen LogP contribution in [0.1, 0.15) is 46.4 Å². The first kappa shape index (κ1) is 12.6. The third-order valence-corrected chi connectivity index (χ3v) is 2.87. The summed E-state index contributed by atoms with van der Waals surface area (Å²) < 4.78 is 10.3. The largest absolute Gasteiger partial charge is 0.462 e. The van der Waals surface area contributed by atoms with E-state index in [0.29, 0.717) is 13.2 Å². The molecule has 0 atom stereocenters. The molecular formula is C14H16O4. The molecule has 0 aliphatic carbocycles. The van der Waals surface area contributed by atoms with Crippen molar-refractivity contribution in [3.05, 3.63) is 35.4 Å². The second-order valence-corrected chi connectivity index (χ2v) is 4.23. The first-order valence-electron chi connectivity index (χ1n) is 6.22. The van der Waals surface area contributed by atoms with Crippen LogP contribution in [0.5, 0.6) is 0 Å². The van der Waals surface area contributed by atoms with Crippen LogP contribution in [0.15, 0.2) is 24.3 Å². The quantitative estimate of drug-likeness (QED) is 0.662. The predicted molar refractivity (Wildman–Crippen MR) is 65.5 cm³/mol. The number of fused-ring (bicyclic) bond motifs is 1. The molecule has 0 amide bonds. The minimum Gasteiger partial charge on any atom is -0.462 e. The summed E-state index contributed by atoms with van der Waals surface area (Å²) in [5, 5.41) is 0. The van der Waals surface area contributed by atoms with Crippen molar-refractivity contribution in [2.75, 3.05) is 13.2 Å². The fourth-order valence-corrected chi connectivity index (χ4v) is 1.88. The van der Waals surface area contributed by atoms with Gasteiger partial charge in [0.1, 0.15) is 0 Å². The van der Waals surface area contributed by atoms with Gasteiger partial charge < -0.3 is 9.47 Å². The van der Waals surface area contributed by atoms with Gasteiger partial charge in [0.15, 0.2) is 0 Å². The first-order chi connectivity index (χ1) is 8.79. The Morgan fingerprint density at radius 2 is 1.17 bits per heavy atom. The molecule has 1 aliphatic heterocycles. The molecule has 0 fully saturated rings. The van der Waals surface area contributed by atoms with Gasteiger partial charge in [0.25, 0.3) is 0 Å². The summed E-state index contributed by atoms with van der Waals surface area (Å²) >= 11 is 0. The number of ether oxygens (including phenoxy) is 2. The molecule has 96 valence electrons. The number of benzene rings is 1. The number of carbonyl (C=O) groups is 2. The molecule has 18 heavy (non-hydrogen) atoms. The van der Waals surface area contributed by atoms with Gasteiger partial charge in [-0.05, 0) is 37.8 Å². The lowest BCUT2D eigenvalue weighted by molar-refractivity contribution is 0.0435. The lowest BCUT2D eigenvalue weighted by Gasteiger charge is -2.11. The van der Waals surface area contributed by atoms with Gasteiger partial charge in [-0.25, -0.2) is 9.59 Å². The third-order valence-electron chi connectivity index (χ3n) is 2.87. The Kier molecular flexibility index (Phi) is 4.34. The SMILES string of the molecule is O=C1OCCCCCCOC(=O)c2ccccc21. The molecule has 1 aromatic carbocycles. The molecule has 4 nitrogen and oxygen atoms in total. The van der Waals surface area contributed by atoms with E-state index in [0.717, 1.165) is 25.7 Å². The standard InChI is InChI=1S/C14H16O4/c15-13-11-7-3-4-8-12(11)14(16)18-10-6-2-1-5-9-17-13/h3-4,7-8H,1-2,5-6,9-10H2. The van der Waals surface area contributed by atoms with Crippen molar-refractivity contribution >= 4 is 11.9 Å². The number of esters is 2. The normalized spacial score (nSPS) is 17.8. The first-order valence-corrected chi connectivity index (χ1v) is 6.22. The maximum Gasteiger partial charge on any atom is 0.339 e. The van der Waals surface area contributed by atoms with Gasteiger partial charge in [-0.2, -0.15) is 0 Å². The number of rotatable bonds is 0. The average molecular weight is 248 g/mol. The van der Waals surface area contributed by atoms with E-state index in [2.05, 4.69) is 0 Å². The highest BCUT2D eigenvalue weighted by atomic mass is 16.5. The number of cyclic esters (lactones) is 2. The van der Waals surface area contributed by atoms with E-state index in [-0.39, 0.29) is 11.1 Å².